The van der Waals surface area contributed by atoms with Gasteiger partial charge in [-0.15, -0.1) is 0 Å². The lowest BCUT2D eigenvalue weighted by Gasteiger charge is -2.38. The lowest BCUT2D eigenvalue weighted by molar-refractivity contribution is -0.143. The van der Waals surface area contributed by atoms with Crippen molar-refractivity contribution in [3.05, 3.63) is 87.7 Å². The Hall–Kier alpha value is -4.50. The predicted octanol–water partition coefficient (Wildman–Crippen LogP) is 9.36. The van der Waals surface area contributed by atoms with Crippen LogP contribution < -0.4 is 4.74 Å². The molecule has 2 saturated heterocycles. The van der Waals surface area contributed by atoms with Gasteiger partial charge in [-0.2, -0.15) is 39.5 Å². The van der Waals surface area contributed by atoms with E-state index in [1.807, 2.05) is 0 Å². The van der Waals surface area contributed by atoms with Crippen LogP contribution in [0.4, 0.5) is 48.7 Å². The summed E-state index contributed by atoms with van der Waals surface area (Å²) in [6.45, 7) is 0. The number of methoxy groups -OCH3 is 1. The van der Waals surface area contributed by atoms with Crippen molar-refractivity contribution in [2.45, 2.75) is 68.8 Å². The number of cyclic esters (lactones) is 1. The Kier molecular flexibility index (Phi) is 9.07. The van der Waals surface area contributed by atoms with Crippen LogP contribution in [-0.4, -0.2) is 35.2 Å². The summed E-state index contributed by atoms with van der Waals surface area (Å²) in [7, 11) is 1.17. The number of carboxylic acids is 1. The van der Waals surface area contributed by atoms with E-state index in [-0.39, 0.29) is 59.8 Å². The van der Waals surface area contributed by atoms with Gasteiger partial charge in [0.05, 0.1) is 35.9 Å². The molecule has 2 aliphatic heterocycles. The maximum atomic E-state index is 14.9. The number of rotatable bonds is 7. The zero-order valence-electron chi connectivity index (χ0n) is 24.7. The van der Waals surface area contributed by atoms with Gasteiger partial charge in [0.25, 0.3) is 0 Å². The minimum Gasteiger partial charge on any atom is -0.496 e. The molecule has 48 heavy (non-hydrogen) atoms. The van der Waals surface area contributed by atoms with Crippen LogP contribution in [-0.2, 0) is 34.5 Å². The molecule has 2 heterocycles. The first-order chi connectivity index (χ1) is 22.3. The zero-order valence-corrected chi connectivity index (χ0v) is 24.7. The molecule has 1 unspecified atom stereocenters. The Balaban J connectivity index is 1.64. The predicted molar refractivity (Wildman–Crippen MR) is 147 cm³/mol. The zero-order chi connectivity index (χ0) is 35.3. The molecule has 3 aromatic carbocycles. The molecule has 0 bridgehead atoms. The second-order valence-electron chi connectivity index (χ2n) is 11.4. The van der Waals surface area contributed by atoms with Gasteiger partial charge in [0.1, 0.15) is 17.7 Å². The number of benzene rings is 3. The Morgan fingerprint density at radius 2 is 1.50 bits per heavy atom. The summed E-state index contributed by atoms with van der Waals surface area (Å²) in [6.07, 6.45) is -18.5. The summed E-state index contributed by atoms with van der Waals surface area (Å²) in [5, 5.41) is 9.08. The number of amides is 1. The minimum atomic E-state index is -5.18. The van der Waals surface area contributed by atoms with Crippen LogP contribution in [0.25, 0.3) is 11.1 Å². The topological polar surface area (TPSA) is 76.1 Å². The van der Waals surface area contributed by atoms with Crippen molar-refractivity contribution in [3.63, 3.8) is 0 Å². The molecule has 2 fully saturated rings. The van der Waals surface area contributed by atoms with Crippen LogP contribution in [0.5, 0.6) is 5.75 Å². The number of carboxylic acid groups (broad SMARTS) is 1. The van der Waals surface area contributed by atoms with Crippen molar-refractivity contribution in [2.24, 2.45) is 0 Å². The van der Waals surface area contributed by atoms with Crippen molar-refractivity contribution in [2.75, 3.05) is 7.11 Å². The molecule has 16 heteroatoms. The maximum Gasteiger partial charge on any atom is 0.416 e. The van der Waals surface area contributed by atoms with E-state index in [1.165, 1.54) is 13.2 Å². The smallest absolute Gasteiger partial charge is 0.416 e. The number of piperidine rings is 1. The number of carbonyl (C=O) groups is 2. The van der Waals surface area contributed by atoms with E-state index in [1.54, 1.807) is 0 Å². The Bertz CT molecular complexity index is 1700. The molecule has 0 aliphatic carbocycles. The molecule has 0 radical (unpaired) electrons. The van der Waals surface area contributed by atoms with Crippen LogP contribution in [0.2, 0.25) is 0 Å². The Morgan fingerprint density at radius 1 is 0.875 bits per heavy atom. The first-order valence-corrected chi connectivity index (χ1v) is 14.4. The molecule has 1 amide bonds. The highest BCUT2D eigenvalue weighted by Crippen LogP contribution is 2.50. The average Bonchev–Trinajstić information content (AvgIpc) is 3.35. The van der Waals surface area contributed by atoms with E-state index in [9.17, 15) is 53.5 Å². The quantitative estimate of drug-likeness (QED) is 0.250. The first kappa shape index (κ1) is 34.8. The fourth-order valence-electron chi connectivity index (χ4n) is 6.25. The SMILES string of the molecule is COc1cc(F)c(CCC(=O)O)cc1-c1ccc(C(F)(F)F)cc1[C@@H]1CCCC2[C@@H](c3cc(C(F)(F)F)cc(C(F)(F)F)c3)OC(=O)N21. The van der Waals surface area contributed by atoms with Gasteiger partial charge in [-0.05, 0) is 84.3 Å². The maximum absolute atomic E-state index is 14.9. The van der Waals surface area contributed by atoms with E-state index < -0.39 is 83.3 Å². The second-order valence-corrected chi connectivity index (χ2v) is 11.4. The van der Waals surface area contributed by atoms with Gasteiger partial charge in [0, 0.05) is 18.1 Å². The van der Waals surface area contributed by atoms with Crippen molar-refractivity contribution in [3.8, 4) is 16.9 Å². The van der Waals surface area contributed by atoms with E-state index in [0.717, 1.165) is 29.2 Å². The molecule has 5 rings (SSSR count). The highest BCUT2D eigenvalue weighted by molar-refractivity contribution is 5.78. The summed E-state index contributed by atoms with van der Waals surface area (Å²) in [4.78, 5) is 25.5. The van der Waals surface area contributed by atoms with Crippen LogP contribution in [0, 0.1) is 5.82 Å². The van der Waals surface area contributed by atoms with E-state index in [2.05, 4.69) is 0 Å². The van der Waals surface area contributed by atoms with Gasteiger partial charge in [-0.1, -0.05) is 6.07 Å². The standard InChI is InChI=1S/C32H25F10NO5/c1-47-26-14-23(33)15(5-8-27(44)45)11-22(26)20-7-6-17(30(34,35)36)13-21(20)24-3-2-4-25-28(48-29(46)43(24)25)16-9-18(31(37,38)39)12-19(10-16)32(40,41)42/h6-7,9-14,24-25,28H,2-5,8H2,1H3,(H,44,45)/t24-,25?,28+/m0/s1. The van der Waals surface area contributed by atoms with Crippen LogP contribution >= 0.6 is 0 Å². The molecule has 2 aliphatic rings. The van der Waals surface area contributed by atoms with Gasteiger partial charge in [-0.25, -0.2) is 9.18 Å². The van der Waals surface area contributed by atoms with Gasteiger partial charge < -0.3 is 14.6 Å². The van der Waals surface area contributed by atoms with Gasteiger partial charge in [-0.3, -0.25) is 9.69 Å². The molecular formula is C32H25F10NO5. The number of fused-ring (bicyclic) bond motifs is 1. The summed E-state index contributed by atoms with van der Waals surface area (Å²) in [5.74, 6) is -2.21. The monoisotopic (exact) mass is 693 g/mol. The number of aryl methyl sites for hydroxylation is 1. The second kappa shape index (κ2) is 12.5. The Morgan fingerprint density at radius 3 is 2.06 bits per heavy atom. The molecule has 0 saturated carbocycles. The summed E-state index contributed by atoms with van der Waals surface area (Å²) >= 11 is 0. The average molecular weight is 694 g/mol. The molecule has 258 valence electrons. The molecular weight excluding hydrogens is 668 g/mol. The fraction of sp³-hybridized carbons (Fsp3) is 0.375. The molecule has 0 aromatic heterocycles. The third kappa shape index (κ3) is 6.88. The number of halogens is 10. The van der Waals surface area contributed by atoms with Crippen LogP contribution in [0.1, 0.15) is 71.2 Å². The van der Waals surface area contributed by atoms with Crippen molar-refractivity contribution >= 4 is 12.1 Å². The molecule has 0 spiro atoms. The van der Waals surface area contributed by atoms with E-state index >= 15 is 0 Å². The summed E-state index contributed by atoms with van der Waals surface area (Å²) < 4.78 is 149. The summed E-state index contributed by atoms with van der Waals surface area (Å²) in [6, 6.07) is 3.15. The fourth-order valence-corrected chi connectivity index (χ4v) is 6.25. The molecule has 3 atom stereocenters. The number of carbonyl (C=O) groups excluding carboxylic acids is 1. The highest BCUT2D eigenvalue weighted by atomic mass is 19.4. The van der Waals surface area contributed by atoms with Gasteiger partial charge in [0.2, 0.25) is 0 Å². The third-order valence-electron chi connectivity index (χ3n) is 8.40. The third-order valence-corrected chi connectivity index (χ3v) is 8.40. The highest BCUT2D eigenvalue weighted by Gasteiger charge is 2.50. The number of alkyl halides is 9. The number of hydrogen-bond donors (Lipinski definition) is 1. The van der Waals surface area contributed by atoms with Gasteiger partial charge in [0.15, 0.2) is 0 Å². The molecule has 3 aromatic rings. The lowest BCUT2D eigenvalue weighted by Crippen LogP contribution is -2.41. The number of ether oxygens (including phenoxy) is 2. The van der Waals surface area contributed by atoms with E-state index in [4.69, 9.17) is 14.6 Å². The first-order valence-electron chi connectivity index (χ1n) is 14.4. The minimum absolute atomic E-state index is 0.0262. The molecule has 1 N–H and O–H groups in total. The van der Waals surface area contributed by atoms with Crippen LogP contribution in [0.15, 0.2) is 48.5 Å². The number of nitrogens with zero attached hydrogens (tertiary/aromatic N) is 1. The van der Waals surface area contributed by atoms with Gasteiger partial charge >= 0.3 is 30.6 Å². The van der Waals surface area contributed by atoms with Crippen molar-refractivity contribution < 1.29 is 68.1 Å². The summed E-state index contributed by atoms with van der Waals surface area (Å²) in [5.41, 5.74) is -5.10. The van der Waals surface area contributed by atoms with E-state index in [0.29, 0.717) is 12.1 Å². The van der Waals surface area contributed by atoms with Crippen LogP contribution in [0.3, 0.4) is 0 Å². The largest absolute Gasteiger partial charge is 0.496 e. The Labute approximate surface area is 265 Å². The number of hydrogen-bond acceptors (Lipinski definition) is 4. The van der Waals surface area contributed by atoms with Crippen molar-refractivity contribution in [1.29, 1.82) is 0 Å². The normalized spacial score (nSPS) is 20.0. The van der Waals surface area contributed by atoms with Crippen molar-refractivity contribution in [1.82, 2.24) is 4.90 Å². The number of aliphatic carboxylic acids is 1. The lowest BCUT2D eigenvalue weighted by atomic mass is 9.83. The molecule has 6 nitrogen and oxygen atoms in total.